The van der Waals surface area contributed by atoms with Crippen LogP contribution in [0.4, 0.5) is 8.78 Å². The van der Waals surface area contributed by atoms with Gasteiger partial charge in [0, 0.05) is 12.2 Å². The molecule has 0 radical (unpaired) electrons. The van der Waals surface area contributed by atoms with Crippen LogP contribution >= 0.6 is 0 Å². The summed E-state index contributed by atoms with van der Waals surface area (Å²) in [4.78, 5) is 20.9. The van der Waals surface area contributed by atoms with Crippen molar-refractivity contribution in [2.75, 3.05) is 13.2 Å². The van der Waals surface area contributed by atoms with Gasteiger partial charge in [-0.25, -0.2) is 9.59 Å². The summed E-state index contributed by atoms with van der Waals surface area (Å²) < 4.78 is 33.8. The fourth-order valence-corrected chi connectivity index (χ4v) is 0.513. The van der Waals surface area contributed by atoms with Gasteiger partial charge in [-0.1, -0.05) is 13.2 Å². The lowest BCUT2D eigenvalue weighted by atomic mass is 10.4. The van der Waals surface area contributed by atoms with Gasteiger partial charge in [0.15, 0.2) is 13.2 Å². The zero-order valence-electron chi connectivity index (χ0n) is 7.87. The van der Waals surface area contributed by atoms with E-state index in [0.717, 1.165) is 12.2 Å². The molecule has 0 amide bonds. The molecule has 0 N–H and O–H groups in total. The predicted molar refractivity (Wildman–Crippen MR) is 47.3 cm³/mol. The van der Waals surface area contributed by atoms with Gasteiger partial charge in [-0.2, -0.15) is 8.78 Å². The lowest BCUT2D eigenvalue weighted by Gasteiger charge is -2.15. The highest BCUT2D eigenvalue weighted by molar-refractivity contribution is 5.81. The fourth-order valence-electron chi connectivity index (χ4n) is 0.513. The summed E-state index contributed by atoms with van der Waals surface area (Å²) in [5.41, 5.74) is 0. The quantitative estimate of drug-likeness (QED) is 0.496. The molecule has 84 valence electrons. The SMILES string of the molecule is C=CC(=O)OCC(F)(F)COC(=O)C=C. The van der Waals surface area contributed by atoms with E-state index in [0.29, 0.717) is 0 Å². The van der Waals surface area contributed by atoms with Crippen LogP contribution in [0.3, 0.4) is 0 Å². The van der Waals surface area contributed by atoms with E-state index in [9.17, 15) is 18.4 Å². The first kappa shape index (κ1) is 13.3. The molecule has 0 heterocycles. The van der Waals surface area contributed by atoms with Crippen LogP contribution in [0.2, 0.25) is 0 Å². The zero-order chi connectivity index (χ0) is 11.9. The van der Waals surface area contributed by atoms with Crippen molar-refractivity contribution in [3.8, 4) is 0 Å². The van der Waals surface area contributed by atoms with Crippen molar-refractivity contribution in [2.45, 2.75) is 5.92 Å². The van der Waals surface area contributed by atoms with Crippen molar-refractivity contribution < 1.29 is 27.8 Å². The minimum atomic E-state index is -3.42. The predicted octanol–water partition coefficient (Wildman–Crippen LogP) is 1.08. The van der Waals surface area contributed by atoms with E-state index >= 15 is 0 Å². The van der Waals surface area contributed by atoms with Gasteiger partial charge in [0.05, 0.1) is 0 Å². The Hall–Kier alpha value is -1.72. The van der Waals surface area contributed by atoms with Gasteiger partial charge >= 0.3 is 17.9 Å². The molecule has 0 atom stereocenters. The summed E-state index contributed by atoms with van der Waals surface area (Å²) in [5.74, 6) is -5.36. The molecule has 0 aliphatic rings. The average Bonchev–Trinajstić information content (AvgIpc) is 2.22. The Labute approximate surface area is 85.2 Å². The van der Waals surface area contributed by atoms with E-state index in [1.165, 1.54) is 0 Å². The van der Waals surface area contributed by atoms with E-state index in [4.69, 9.17) is 0 Å². The number of rotatable bonds is 6. The van der Waals surface area contributed by atoms with E-state index in [2.05, 4.69) is 22.6 Å². The summed E-state index contributed by atoms with van der Waals surface area (Å²) in [5, 5.41) is 0. The van der Waals surface area contributed by atoms with Crippen LogP contribution in [0.25, 0.3) is 0 Å². The van der Waals surface area contributed by atoms with Crippen LogP contribution in [0.5, 0.6) is 0 Å². The molecule has 0 saturated carbocycles. The number of hydrogen-bond donors (Lipinski definition) is 0. The van der Waals surface area contributed by atoms with Crippen LogP contribution in [0.1, 0.15) is 0 Å². The maximum absolute atomic E-state index is 12.8. The first-order chi connectivity index (χ1) is 6.91. The van der Waals surface area contributed by atoms with Crippen LogP contribution < -0.4 is 0 Å². The van der Waals surface area contributed by atoms with E-state index in [1.807, 2.05) is 0 Å². The van der Waals surface area contributed by atoms with Crippen molar-refractivity contribution in [1.82, 2.24) is 0 Å². The third-order valence-corrected chi connectivity index (χ3v) is 1.18. The second-order valence-corrected chi connectivity index (χ2v) is 2.48. The molecule has 0 aliphatic carbocycles. The van der Waals surface area contributed by atoms with Crippen LogP contribution in [-0.4, -0.2) is 31.1 Å². The van der Waals surface area contributed by atoms with Crippen molar-refractivity contribution in [3.63, 3.8) is 0 Å². The van der Waals surface area contributed by atoms with Gasteiger partial charge in [0.25, 0.3) is 0 Å². The van der Waals surface area contributed by atoms with Crippen LogP contribution in [-0.2, 0) is 19.1 Å². The molecule has 6 heteroatoms. The van der Waals surface area contributed by atoms with Crippen LogP contribution in [0, 0.1) is 0 Å². The number of hydrogen-bond acceptors (Lipinski definition) is 4. The molecule has 15 heavy (non-hydrogen) atoms. The standard InChI is InChI=1S/C9H10F2O4/c1-3-7(12)14-5-9(10,11)6-15-8(13)4-2/h3-4H,1-2,5-6H2. The highest BCUT2D eigenvalue weighted by Crippen LogP contribution is 2.14. The number of carbonyl (C=O) groups excluding carboxylic acids is 2. The van der Waals surface area contributed by atoms with Gasteiger partial charge in [0.1, 0.15) is 0 Å². The third-order valence-electron chi connectivity index (χ3n) is 1.18. The highest BCUT2D eigenvalue weighted by atomic mass is 19.3. The zero-order valence-corrected chi connectivity index (χ0v) is 7.87. The van der Waals surface area contributed by atoms with Gasteiger partial charge in [-0.15, -0.1) is 0 Å². The molecule has 0 bridgehead atoms. The number of ether oxygens (including phenoxy) is 2. The van der Waals surface area contributed by atoms with Crippen molar-refractivity contribution in [2.24, 2.45) is 0 Å². The molecular formula is C9H10F2O4. The van der Waals surface area contributed by atoms with E-state index < -0.39 is 31.1 Å². The lowest BCUT2D eigenvalue weighted by Crippen LogP contribution is -2.31. The smallest absolute Gasteiger partial charge is 0.330 e. The largest absolute Gasteiger partial charge is 0.456 e. The molecule has 0 rings (SSSR count). The molecular weight excluding hydrogens is 210 g/mol. The van der Waals surface area contributed by atoms with Gasteiger partial charge in [0.2, 0.25) is 0 Å². The summed E-state index contributed by atoms with van der Waals surface area (Å²) in [6.07, 6.45) is 1.51. The Kier molecular flexibility index (Phi) is 5.22. The number of halogens is 2. The normalized spacial score (nSPS) is 10.3. The van der Waals surface area contributed by atoms with Gasteiger partial charge in [-0.3, -0.25) is 0 Å². The molecule has 0 fully saturated rings. The molecule has 0 aromatic carbocycles. The van der Waals surface area contributed by atoms with Crippen molar-refractivity contribution in [1.29, 1.82) is 0 Å². The molecule has 4 nitrogen and oxygen atoms in total. The molecule has 0 aromatic rings. The first-order valence-electron chi connectivity index (χ1n) is 3.87. The molecule has 0 aliphatic heterocycles. The van der Waals surface area contributed by atoms with Crippen molar-refractivity contribution in [3.05, 3.63) is 25.3 Å². The Morgan fingerprint density at radius 1 is 1.07 bits per heavy atom. The number of esters is 2. The Morgan fingerprint density at radius 2 is 1.40 bits per heavy atom. The second kappa shape index (κ2) is 5.90. The Bertz CT molecular complexity index is 247. The first-order valence-corrected chi connectivity index (χ1v) is 3.87. The van der Waals surface area contributed by atoms with Gasteiger partial charge in [-0.05, 0) is 0 Å². The molecule has 0 saturated heterocycles. The highest BCUT2D eigenvalue weighted by Gasteiger charge is 2.32. The monoisotopic (exact) mass is 220 g/mol. The summed E-state index contributed by atoms with van der Waals surface area (Å²) in [7, 11) is 0. The molecule has 0 unspecified atom stereocenters. The maximum Gasteiger partial charge on any atom is 0.330 e. The minimum Gasteiger partial charge on any atom is -0.456 e. The van der Waals surface area contributed by atoms with Gasteiger partial charge < -0.3 is 9.47 Å². The lowest BCUT2D eigenvalue weighted by molar-refractivity contribution is -0.164. The van der Waals surface area contributed by atoms with E-state index in [-0.39, 0.29) is 0 Å². The maximum atomic E-state index is 12.8. The summed E-state index contributed by atoms with van der Waals surface area (Å²) in [6.45, 7) is 3.73. The molecule has 0 aromatic heterocycles. The topological polar surface area (TPSA) is 52.6 Å². The Morgan fingerprint density at radius 3 is 1.67 bits per heavy atom. The number of carbonyl (C=O) groups is 2. The molecule has 0 spiro atoms. The fraction of sp³-hybridized carbons (Fsp3) is 0.333. The van der Waals surface area contributed by atoms with E-state index in [1.54, 1.807) is 0 Å². The summed E-state index contributed by atoms with van der Waals surface area (Å²) in [6, 6.07) is 0. The van der Waals surface area contributed by atoms with Crippen LogP contribution in [0.15, 0.2) is 25.3 Å². The number of alkyl halides is 2. The van der Waals surface area contributed by atoms with Crippen molar-refractivity contribution >= 4 is 11.9 Å². The average molecular weight is 220 g/mol. The minimum absolute atomic E-state index is 0.756. The second-order valence-electron chi connectivity index (χ2n) is 2.48. The third kappa shape index (κ3) is 6.36. The summed E-state index contributed by atoms with van der Waals surface area (Å²) >= 11 is 0. The Balaban J connectivity index is 3.95.